The number of ether oxygens (including phenoxy) is 3. The van der Waals surface area contributed by atoms with E-state index in [4.69, 9.17) is 4.74 Å². The summed E-state index contributed by atoms with van der Waals surface area (Å²) in [5.74, 6) is -0.571. The molecule has 0 unspecified atom stereocenters. The lowest BCUT2D eigenvalue weighted by Crippen LogP contribution is -2.07. The van der Waals surface area contributed by atoms with Crippen molar-refractivity contribution in [3.63, 3.8) is 0 Å². The molecule has 0 bridgehead atoms. The summed E-state index contributed by atoms with van der Waals surface area (Å²) in [6.07, 6.45) is 1.09. The van der Waals surface area contributed by atoms with Crippen molar-refractivity contribution in [1.29, 1.82) is 0 Å². The molecule has 0 aromatic heterocycles. The maximum atomic E-state index is 11.6. The predicted molar refractivity (Wildman–Crippen MR) is 65.0 cm³/mol. The van der Waals surface area contributed by atoms with Crippen molar-refractivity contribution in [3.05, 3.63) is 35.9 Å². The predicted octanol–water partition coefficient (Wildman–Crippen LogP) is 1.42. The number of methoxy groups -OCH3 is 3. The van der Waals surface area contributed by atoms with Crippen LogP contribution in [-0.2, 0) is 19.1 Å². The van der Waals surface area contributed by atoms with Gasteiger partial charge in [0.1, 0.15) is 5.75 Å². The summed E-state index contributed by atoms with van der Waals surface area (Å²) in [5, 5.41) is 0. The minimum atomic E-state index is -0.619. The van der Waals surface area contributed by atoms with E-state index in [1.54, 1.807) is 31.4 Å². The second-order valence-corrected chi connectivity index (χ2v) is 3.30. The van der Waals surface area contributed by atoms with Gasteiger partial charge in [-0.05, 0) is 17.7 Å². The number of hydrogen-bond acceptors (Lipinski definition) is 5. The minimum absolute atomic E-state index is 0.131. The number of benzene rings is 1. The molecule has 96 valence electrons. The fraction of sp³-hybridized carbons (Fsp3) is 0.231. The maximum absolute atomic E-state index is 11.6. The van der Waals surface area contributed by atoms with E-state index < -0.39 is 11.9 Å². The first kappa shape index (κ1) is 13.8. The first-order valence-corrected chi connectivity index (χ1v) is 5.14. The fourth-order valence-corrected chi connectivity index (χ4v) is 1.32. The van der Waals surface area contributed by atoms with Gasteiger partial charge in [-0.3, -0.25) is 0 Å². The number of hydrogen-bond donors (Lipinski definition) is 0. The van der Waals surface area contributed by atoms with Crippen molar-refractivity contribution in [1.82, 2.24) is 0 Å². The highest BCUT2D eigenvalue weighted by atomic mass is 16.5. The molecule has 1 aromatic carbocycles. The van der Waals surface area contributed by atoms with Gasteiger partial charge < -0.3 is 14.2 Å². The third-order valence-electron chi connectivity index (χ3n) is 2.27. The van der Waals surface area contributed by atoms with Gasteiger partial charge in [-0.1, -0.05) is 12.1 Å². The number of rotatable bonds is 4. The van der Waals surface area contributed by atoms with Gasteiger partial charge in [0.05, 0.1) is 26.9 Å². The standard InChI is InChI=1S/C13H14O5/c1-16-10-6-4-9(5-7-10)11(13(15)18-3)8-12(14)17-2/h4-8H,1-3H3. The van der Waals surface area contributed by atoms with Crippen molar-refractivity contribution in [2.24, 2.45) is 0 Å². The molecular formula is C13H14O5. The molecule has 0 N–H and O–H groups in total. The van der Waals surface area contributed by atoms with Crippen LogP contribution in [0.15, 0.2) is 30.3 Å². The largest absolute Gasteiger partial charge is 0.497 e. The Morgan fingerprint density at radius 3 is 2.06 bits per heavy atom. The molecule has 0 radical (unpaired) electrons. The second kappa shape index (κ2) is 6.44. The molecule has 0 aliphatic heterocycles. The van der Waals surface area contributed by atoms with E-state index in [9.17, 15) is 9.59 Å². The van der Waals surface area contributed by atoms with Crippen LogP contribution in [-0.4, -0.2) is 33.3 Å². The Bertz CT molecular complexity index is 459. The van der Waals surface area contributed by atoms with Crippen LogP contribution in [0.4, 0.5) is 0 Å². The molecule has 1 aromatic rings. The average molecular weight is 250 g/mol. The highest BCUT2D eigenvalue weighted by Gasteiger charge is 2.14. The molecule has 0 saturated heterocycles. The number of esters is 2. The summed E-state index contributed by atoms with van der Waals surface area (Å²) in [6, 6.07) is 6.68. The van der Waals surface area contributed by atoms with E-state index in [0.717, 1.165) is 6.08 Å². The van der Waals surface area contributed by atoms with Crippen LogP contribution >= 0.6 is 0 Å². The van der Waals surface area contributed by atoms with E-state index in [2.05, 4.69) is 9.47 Å². The Morgan fingerprint density at radius 1 is 1.00 bits per heavy atom. The average Bonchev–Trinajstić information content (AvgIpc) is 2.43. The smallest absolute Gasteiger partial charge is 0.338 e. The summed E-state index contributed by atoms with van der Waals surface area (Å²) < 4.78 is 14.1. The molecule has 18 heavy (non-hydrogen) atoms. The molecule has 5 nitrogen and oxygen atoms in total. The molecule has 0 saturated carbocycles. The summed E-state index contributed by atoms with van der Waals surface area (Å²) in [4.78, 5) is 22.8. The van der Waals surface area contributed by atoms with Gasteiger partial charge in [0.15, 0.2) is 0 Å². The van der Waals surface area contributed by atoms with Crippen LogP contribution in [0.25, 0.3) is 5.57 Å². The summed E-state index contributed by atoms with van der Waals surface area (Å²) in [5.41, 5.74) is 0.681. The zero-order valence-electron chi connectivity index (χ0n) is 10.4. The molecule has 0 aliphatic rings. The minimum Gasteiger partial charge on any atom is -0.497 e. The highest BCUT2D eigenvalue weighted by molar-refractivity contribution is 6.20. The van der Waals surface area contributed by atoms with Crippen LogP contribution in [0.1, 0.15) is 5.56 Å². The van der Waals surface area contributed by atoms with Gasteiger partial charge in [-0.25, -0.2) is 9.59 Å². The lowest BCUT2D eigenvalue weighted by Gasteiger charge is -2.06. The first-order chi connectivity index (χ1) is 8.62. The maximum Gasteiger partial charge on any atom is 0.338 e. The molecule has 1 rings (SSSR count). The Hall–Kier alpha value is -2.30. The van der Waals surface area contributed by atoms with E-state index >= 15 is 0 Å². The Labute approximate surface area is 105 Å². The Kier molecular flexibility index (Phi) is 4.92. The lowest BCUT2D eigenvalue weighted by molar-refractivity contribution is -0.136. The third-order valence-corrected chi connectivity index (χ3v) is 2.27. The molecule has 0 fully saturated rings. The monoisotopic (exact) mass is 250 g/mol. The third kappa shape index (κ3) is 3.35. The van der Waals surface area contributed by atoms with Crippen LogP contribution in [0.5, 0.6) is 5.75 Å². The summed E-state index contributed by atoms with van der Waals surface area (Å²) >= 11 is 0. The summed E-state index contributed by atoms with van der Waals surface area (Å²) in [6.45, 7) is 0. The molecular weight excluding hydrogens is 236 g/mol. The second-order valence-electron chi connectivity index (χ2n) is 3.30. The fourth-order valence-electron chi connectivity index (χ4n) is 1.32. The SMILES string of the molecule is COC(=O)C=C(C(=O)OC)c1ccc(OC)cc1. The molecule has 0 atom stereocenters. The van der Waals surface area contributed by atoms with Gasteiger partial charge in [-0.2, -0.15) is 0 Å². The molecule has 0 amide bonds. The van der Waals surface area contributed by atoms with E-state index in [0.29, 0.717) is 11.3 Å². The van der Waals surface area contributed by atoms with E-state index in [-0.39, 0.29) is 5.57 Å². The van der Waals surface area contributed by atoms with E-state index in [1.165, 1.54) is 14.2 Å². The van der Waals surface area contributed by atoms with Crippen molar-refractivity contribution in [3.8, 4) is 5.75 Å². The van der Waals surface area contributed by atoms with Crippen molar-refractivity contribution >= 4 is 17.5 Å². The van der Waals surface area contributed by atoms with Gasteiger partial charge >= 0.3 is 11.9 Å². The van der Waals surface area contributed by atoms with Crippen LogP contribution in [0.3, 0.4) is 0 Å². The number of carbonyl (C=O) groups excluding carboxylic acids is 2. The zero-order valence-corrected chi connectivity index (χ0v) is 10.4. The zero-order chi connectivity index (χ0) is 13.5. The van der Waals surface area contributed by atoms with Gasteiger partial charge in [0, 0.05) is 6.08 Å². The molecule has 0 aliphatic carbocycles. The lowest BCUT2D eigenvalue weighted by atomic mass is 10.1. The molecule has 0 spiro atoms. The quantitative estimate of drug-likeness (QED) is 0.597. The molecule has 0 heterocycles. The van der Waals surface area contributed by atoms with E-state index in [1.807, 2.05) is 0 Å². The van der Waals surface area contributed by atoms with Gasteiger partial charge in [0.2, 0.25) is 0 Å². The van der Waals surface area contributed by atoms with Crippen LogP contribution < -0.4 is 4.74 Å². The first-order valence-electron chi connectivity index (χ1n) is 5.14. The van der Waals surface area contributed by atoms with Crippen LogP contribution in [0.2, 0.25) is 0 Å². The summed E-state index contributed by atoms with van der Waals surface area (Å²) in [7, 11) is 4.03. The van der Waals surface area contributed by atoms with Crippen LogP contribution in [0, 0.1) is 0 Å². The van der Waals surface area contributed by atoms with Crippen molar-refractivity contribution in [2.75, 3.05) is 21.3 Å². The van der Waals surface area contributed by atoms with Crippen molar-refractivity contribution in [2.45, 2.75) is 0 Å². The topological polar surface area (TPSA) is 61.8 Å². The number of carbonyl (C=O) groups is 2. The highest BCUT2D eigenvalue weighted by Crippen LogP contribution is 2.19. The Morgan fingerprint density at radius 2 is 1.61 bits per heavy atom. The molecule has 5 heteroatoms. The normalized spacial score (nSPS) is 10.7. The Balaban J connectivity index is 3.13. The van der Waals surface area contributed by atoms with Gasteiger partial charge in [-0.15, -0.1) is 0 Å². The van der Waals surface area contributed by atoms with Gasteiger partial charge in [0.25, 0.3) is 0 Å². The van der Waals surface area contributed by atoms with Crippen molar-refractivity contribution < 1.29 is 23.8 Å².